The number of ether oxygens (including phenoxy) is 2. The molecule has 1 aliphatic rings. The Labute approximate surface area is 224 Å². The van der Waals surface area contributed by atoms with Gasteiger partial charge in [0.15, 0.2) is 0 Å². The van der Waals surface area contributed by atoms with Crippen LogP contribution in [0.25, 0.3) is 10.9 Å². The molecule has 2 aromatic carbocycles. The van der Waals surface area contributed by atoms with Crippen LogP contribution >= 0.6 is 11.9 Å². The van der Waals surface area contributed by atoms with Gasteiger partial charge in [0.05, 0.1) is 12.6 Å². The van der Waals surface area contributed by atoms with E-state index in [1.54, 1.807) is 19.1 Å². The predicted octanol–water partition coefficient (Wildman–Crippen LogP) is 6.24. The normalized spacial score (nSPS) is 14.8. The number of benzene rings is 2. The van der Waals surface area contributed by atoms with Crippen molar-refractivity contribution in [3.05, 3.63) is 78.2 Å². The van der Waals surface area contributed by atoms with E-state index in [1.807, 2.05) is 56.0 Å². The second kappa shape index (κ2) is 11.2. The minimum atomic E-state index is -0.437. The molecular formula is C30H37N3O3S. The number of para-hydroxylation sites is 1. The van der Waals surface area contributed by atoms with Gasteiger partial charge in [0, 0.05) is 46.6 Å². The van der Waals surface area contributed by atoms with E-state index in [1.165, 1.54) is 0 Å². The summed E-state index contributed by atoms with van der Waals surface area (Å²) in [7, 11) is 1.65. The first-order valence-electron chi connectivity index (χ1n) is 12.7. The van der Waals surface area contributed by atoms with Crippen LogP contribution < -0.4 is 4.74 Å². The lowest BCUT2D eigenvalue weighted by molar-refractivity contribution is -0.146. The zero-order valence-corrected chi connectivity index (χ0v) is 23.5. The zero-order chi connectivity index (χ0) is 26.7. The third kappa shape index (κ3) is 5.63. The number of pyridine rings is 1. The number of nitrogens with zero attached hydrogens (tertiary/aromatic N) is 3. The van der Waals surface area contributed by atoms with Crippen molar-refractivity contribution in [1.82, 2.24) is 14.2 Å². The Morgan fingerprint density at radius 3 is 2.43 bits per heavy atom. The summed E-state index contributed by atoms with van der Waals surface area (Å²) >= 11 is 1.66. The number of likely N-dealkylation sites (tertiary alicyclic amines) is 1. The van der Waals surface area contributed by atoms with Gasteiger partial charge in [-0.25, -0.2) is 4.31 Å². The van der Waals surface area contributed by atoms with E-state index in [0.717, 1.165) is 32.8 Å². The van der Waals surface area contributed by atoms with Crippen molar-refractivity contribution in [3.8, 4) is 5.75 Å². The Kier molecular flexibility index (Phi) is 8.14. The number of aryl methyl sites for hydroxylation is 1. The molecule has 3 aromatic rings. The molecule has 0 aliphatic carbocycles. The van der Waals surface area contributed by atoms with E-state index in [9.17, 15) is 4.79 Å². The first-order valence-corrected chi connectivity index (χ1v) is 13.5. The van der Waals surface area contributed by atoms with Crippen molar-refractivity contribution in [2.24, 2.45) is 5.92 Å². The lowest BCUT2D eigenvalue weighted by Gasteiger charge is -2.56. The third-order valence-corrected chi connectivity index (χ3v) is 8.17. The van der Waals surface area contributed by atoms with E-state index < -0.39 is 5.54 Å². The zero-order valence-electron chi connectivity index (χ0n) is 22.7. The summed E-state index contributed by atoms with van der Waals surface area (Å²) in [4.78, 5) is 20.2. The molecule has 7 heteroatoms. The quantitative estimate of drug-likeness (QED) is 0.234. The van der Waals surface area contributed by atoms with Crippen molar-refractivity contribution in [2.45, 2.75) is 57.7 Å². The Hall–Kier alpha value is -3.03. The van der Waals surface area contributed by atoms with Gasteiger partial charge in [-0.1, -0.05) is 38.6 Å². The van der Waals surface area contributed by atoms with Crippen LogP contribution in [-0.2, 0) is 16.1 Å². The molecule has 1 aliphatic heterocycles. The Morgan fingerprint density at radius 2 is 1.81 bits per heavy atom. The fraction of sp³-hybridized carbons (Fsp3) is 0.400. The number of hydrogen-bond acceptors (Lipinski definition) is 6. The van der Waals surface area contributed by atoms with Gasteiger partial charge in [0.1, 0.15) is 23.7 Å². The van der Waals surface area contributed by atoms with Crippen LogP contribution in [-0.4, -0.2) is 51.9 Å². The lowest BCUT2D eigenvalue weighted by Crippen LogP contribution is -2.72. The predicted molar refractivity (Wildman–Crippen MR) is 150 cm³/mol. The molecule has 0 spiro atoms. The van der Waals surface area contributed by atoms with Crippen molar-refractivity contribution in [3.63, 3.8) is 0 Å². The summed E-state index contributed by atoms with van der Waals surface area (Å²) in [6.07, 6.45) is 0. The molecule has 1 saturated heterocycles. The van der Waals surface area contributed by atoms with Crippen molar-refractivity contribution in [1.29, 1.82) is 0 Å². The maximum absolute atomic E-state index is 12.6. The number of carbonyl (C=O) groups excluding carboxylic acids is 1. The molecule has 1 aromatic heterocycles. The van der Waals surface area contributed by atoms with Crippen LogP contribution in [0.5, 0.6) is 5.75 Å². The highest BCUT2D eigenvalue weighted by Gasteiger charge is 2.54. The number of aromatic nitrogens is 1. The molecule has 0 N–H and O–H groups in total. The highest BCUT2D eigenvalue weighted by molar-refractivity contribution is 7.97. The maximum atomic E-state index is 12.6. The number of amides is 1. The molecule has 6 nitrogen and oxygen atoms in total. The van der Waals surface area contributed by atoms with Gasteiger partial charge >= 0.3 is 0 Å². The summed E-state index contributed by atoms with van der Waals surface area (Å²) in [5.74, 6) is 1.62. The molecular weight excluding hydrogens is 482 g/mol. The van der Waals surface area contributed by atoms with Gasteiger partial charge in [-0.2, -0.15) is 0 Å². The Balaban J connectivity index is 1.47. The van der Waals surface area contributed by atoms with Gasteiger partial charge < -0.3 is 14.4 Å². The minimum Gasteiger partial charge on any atom is -0.500 e. The van der Waals surface area contributed by atoms with Gasteiger partial charge in [-0.15, -0.1) is 0 Å². The third-order valence-electron chi connectivity index (χ3n) is 6.72. The van der Waals surface area contributed by atoms with Crippen molar-refractivity contribution >= 4 is 28.8 Å². The molecule has 2 heterocycles. The van der Waals surface area contributed by atoms with Crippen LogP contribution in [0.1, 0.15) is 39.0 Å². The summed E-state index contributed by atoms with van der Waals surface area (Å²) < 4.78 is 14.1. The first-order chi connectivity index (χ1) is 17.6. The van der Waals surface area contributed by atoms with Gasteiger partial charge in [0.2, 0.25) is 5.91 Å². The highest BCUT2D eigenvalue weighted by atomic mass is 32.2. The highest BCUT2D eigenvalue weighted by Crippen LogP contribution is 2.43. The van der Waals surface area contributed by atoms with E-state index in [-0.39, 0.29) is 17.9 Å². The topological polar surface area (TPSA) is 54.9 Å². The standard InChI is InChI=1S/C30H37N3O3S/c1-20(2)29(34)32-18-30(19-32,23(6)35-7)33(21(3)4)37-26-14-12-25(13-15-26)36-17-24-16-22(5)31-28-11-9-8-10-27(24)28/h8-16,20-21H,6,17-19H2,1-5,7H3. The fourth-order valence-corrected chi connectivity index (χ4v) is 5.90. The average Bonchev–Trinajstić information content (AvgIpc) is 2.85. The minimum absolute atomic E-state index is 0.0319. The largest absolute Gasteiger partial charge is 0.500 e. The average molecular weight is 520 g/mol. The Bertz CT molecular complexity index is 1270. The number of hydrogen-bond donors (Lipinski definition) is 0. The SMILES string of the molecule is C=C(OC)C1(N(Sc2ccc(OCc3cc(C)nc4ccccc34)cc2)C(C)C)CN(C(=O)C(C)C)C1. The number of methoxy groups -OCH3 is 1. The van der Waals surface area contributed by atoms with Gasteiger partial charge in [0.25, 0.3) is 0 Å². The smallest absolute Gasteiger partial charge is 0.225 e. The monoisotopic (exact) mass is 519 g/mol. The second-order valence-corrected chi connectivity index (χ2v) is 11.3. The van der Waals surface area contributed by atoms with E-state index >= 15 is 0 Å². The van der Waals surface area contributed by atoms with E-state index in [4.69, 9.17) is 9.47 Å². The molecule has 0 radical (unpaired) electrons. The molecule has 1 fully saturated rings. The molecule has 1 amide bonds. The molecule has 0 atom stereocenters. The summed E-state index contributed by atoms with van der Waals surface area (Å²) in [5, 5.41) is 1.11. The molecule has 0 bridgehead atoms. The second-order valence-electron chi connectivity index (χ2n) is 10.2. The van der Waals surface area contributed by atoms with Crippen LogP contribution in [0.2, 0.25) is 0 Å². The van der Waals surface area contributed by atoms with Gasteiger partial charge in [-0.3, -0.25) is 9.78 Å². The van der Waals surface area contributed by atoms with Gasteiger partial charge in [-0.05, 0) is 69.1 Å². The Morgan fingerprint density at radius 1 is 1.14 bits per heavy atom. The van der Waals surface area contributed by atoms with E-state index in [0.29, 0.717) is 25.5 Å². The van der Waals surface area contributed by atoms with Crippen LogP contribution in [0, 0.1) is 12.8 Å². The van der Waals surface area contributed by atoms with Crippen molar-refractivity contribution < 1.29 is 14.3 Å². The summed E-state index contributed by atoms with van der Waals surface area (Å²) in [6, 6.07) is 18.6. The molecule has 0 unspecified atom stereocenters. The number of fused-ring (bicyclic) bond motifs is 1. The molecule has 0 saturated carbocycles. The first kappa shape index (κ1) is 27.0. The van der Waals surface area contributed by atoms with Crippen LogP contribution in [0.3, 0.4) is 0 Å². The number of rotatable bonds is 10. The summed E-state index contributed by atoms with van der Waals surface area (Å²) in [6.45, 7) is 16.0. The number of carbonyl (C=O) groups is 1. The van der Waals surface area contributed by atoms with Crippen molar-refractivity contribution in [2.75, 3.05) is 20.2 Å². The van der Waals surface area contributed by atoms with E-state index in [2.05, 4.69) is 54.0 Å². The van der Waals surface area contributed by atoms with Crippen LogP contribution in [0.15, 0.2) is 71.8 Å². The molecule has 37 heavy (non-hydrogen) atoms. The maximum Gasteiger partial charge on any atom is 0.225 e. The summed E-state index contributed by atoms with van der Waals surface area (Å²) in [5.41, 5.74) is 2.65. The molecule has 4 rings (SSSR count). The lowest BCUT2D eigenvalue weighted by atomic mass is 9.86. The molecule has 196 valence electrons. The fourth-order valence-electron chi connectivity index (χ4n) is 4.81. The van der Waals surface area contributed by atoms with Crippen LogP contribution in [0.4, 0.5) is 0 Å².